The topological polar surface area (TPSA) is 46.2 Å². The first-order valence-corrected chi connectivity index (χ1v) is 6.92. The van der Waals surface area contributed by atoms with Crippen molar-refractivity contribution >= 4 is 17.4 Å². The van der Waals surface area contributed by atoms with Crippen LogP contribution in [0, 0.1) is 5.92 Å². The molecule has 0 atom stereocenters. The fraction of sp³-hybridized carbons (Fsp3) is 0.500. The molecule has 0 fully saturated rings. The van der Waals surface area contributed by atoms with Crippen LogP contribution in [-0.2, 0) is 10.2 Å². The van der Waals surface area contributed by atoms with Crippen LogP contribution in [0.25, 0.3) is 0 Å². The number of rotatable bonds is 4. The molecule has 19 heavy (non-hydrogen) atoms. The van der Waals surface area contributed by atoms with E-state index in [0.29, 0.717) is 0 Å². The van der Waals surface area contributed by atoms with Crippen molar-refractivity contribution in [2.45, 2.75) is 46.0 Å². The Bertz CT molecular complexity index is 528. The number of fused-ring (bicyclic) bond motifs is 1. The number of carbonyl (C=O) groups is 2. The Hall–Kier alpha value is -1.64. The number of carbonyl (C=O) groups excluding carboxylic acids is 2. The SMILES string of the molecule is CCC(CC)C(=O)c1ccc2c(c1)C(C)(C)C(=O)N2. The number of benzene rings is 1. The molecule has 0 unspecified atom stereocenters. The van der Waals surface area contributed by atoms with Gasteiger partial charge in [-0.15, -0.1) is 0 Å². The first-order valence-electron chi connectivity index (χ1n) is 6.92. The van der Waals surface area contributed by atoms with Crippen LogP contribution in [0.3, 0.4) is 0 Å². The van der Waals surface area contributed by atoms with Gasteiger partial charge in [-0.25, -0.2) is 0 Å². The number of anilines is 1. The standard InChI is InChI=1S/C16H21NO2/c1-5-10(6-2)14(18)11-7-8-13-12(9-11)16(3,4)15(19)17-13/h7-10H,5-6H2,1-4H3,(H,17,19). The largest absolute Gasteiger partial charge is 0.325 e. The van der Waals surface area contributed by atoms with Crippen molar-refractivity contribution in [3.63, 3.8) is 0 Å². The van der Waals surface area contributed by atoms with Crippen LogP contribution in [0.1, 0.15) is 56.5 Å². The summed E-state index contributed by atoms with van der Waals surface area (Å²) in [5, 5.41) is 2.86. The fourth-order valence-electron chi connectivity index (χ4n) is 2.62. The average Bonchev–Trinajstić information content (AvgIpc) is 2.61. The molecule has 1 aromatic carbocycles. The van der Waals surface area contributed by atoms with Gasteiger partial charge in [0.25, 0.3) is 0 Å². The highest BCUT2D eigenvalue weighted by molar-refractivity contribution is 6.07. The van der Waals surface area contributed by atoms with E-state index in [1.165, 1.54) is 0 Å². The van der Waals surface area contributed by atoms with Gasteiger partial charge in [0.05, 0.1) is 5.41 Å². The quantitative estimate of drug-likeness (QED) is 0.841. The van der Waals surface area contributed by atoms with Crippen LogP contribution >= 0.6 is 0 Å². The molecule has 0 saturated heterocycles. The Balaban J connectivity index is 2.41. The number of hydrogen-bond acceptors (Lipinski definition) is 2. The second kappa shape index (κ2) is 4.80. The predicted molar refractivity (Wildman–Crippen MR) is 76.5 cm³/mol. The van der Waals surface area contributed by atoms with Crippen molar-refractivity contribution in [2.24, 2.45) is 5.92 Å². The molecule has 0 bridgehead atoms. The second-order valence-corrected chi connectivity index (χ2v) is 5.72. The zero-order chi connectivity index (χ0) is 14.2. The van der Waals surface area contributed by atoms with Gasteiger partial charge in [0, 0.05) is 17.2 Å². The Labute approximate surface area is 114 Å². The molecule has 3 heteroatoms. The number of Topliss-reactive ketones (excluding diaryl/α,β-unsaturated/α-hetero) is 1. The minimum Gasteiger partial charge on any atom is -0.325 e. The van der Waals surface area contributed by atoms with Gasteiger partial charge in [-0.1, -0.05) is 13.8 Å². The summed E-state index contributed by atoms with van der Waals surface area (Å²) in [4.78, 5) is 24.3. The minimum atomic E-state index is -0.556. The van der Waals surface area contributed by atoms with E-state index in [9.17, 15) is 9.59 Å². The molecule has 0 spiro atoms. The van der Waals surface area contributed by atoms with Crippen LogP contribution in [0.4, 0.5) is 5.69 Å². The van der Waals surface area contributed by atoms with Crippen molar-refractivity contribution in [1.82, 2.24) is 0 Å². The zero-order valence-corrected chi connectivity index (χ0v) is 12.0. The maximum Gasteiger partial charge on any atom is 0.234 e. The minimum absolute atomic E-state index is 0.00497. The molecule has 1 N–H and O–H groups in total. The molecule has 0 aliphatic carbocycles. The van der Waals surface area contributed by atoms with Gasteiger partial charge in [-0.2, -0.15) is 0 Å². The lowest BCUT2D eigenvalue weighted by Gasteiger charge is -2.17. The highest BCUT2D eigenvalue weighted by atomic mass is 16.2. The first kappa shape index (κ1) is 13.8. The van der Waals surface area contributed by atoms with E-state index < -0.39 is 5.41 Å². The van der Waals surface area contributed by atoms with Gasteiger partial charge < -0.3 is 5.32 Å². The summed E-state index contributed by atoms with van der Waals surface area (Å²) in [7, 11) is 0. The summed E-state index contributed by atoms with van der Waals surface area (Å²) in [6, 6.07) is 5.55. The van der Waals surface area contributed by atoms with Crippen molar-refractivity contribution in [2.75, 3.05) is 5.32 Å². The first-order chi connectivity index (χ1) is 8.91. The highest BCUT2D eigenvalue weighted by Crippen LogP contribution is 2.38. The lowest BCUT2D eigenvalue weighted by atomic mass is 9.83. The van der Waals surface area contributed by atoms with Gasteiger partial charge in [0.1, 0.15) is 0 Å². The van der Waals surface area contributed by atoms with Gasteiger partial charge in [-0.05, 0) is 50.5 Å². The van der Waals surface area contributed by atoms with E-state index in [4.69, 9.17) is 0 Å². The summed E-state index contributed by atoms with van der Waals surface area (Å²) in [6.07, 6.45) is 1.71. The Morgan fingerprint density at radius 3 is 2.47 bits per heavy atom. The average molecular weight is 259 g/mol. The lowest BCUT2D eigenvalue weighted by Crippen LogP contribution is -2.27. The normalized spacial score (nSPS) is 16.4. The van der Waals surface area contributed by atoms with Gasteiger partial charge in [-0.3, -0.25) is 9.59 Å². The van der Waals surface area contributed by atoms with E-state index >= 15 is 0 Å². The summed E-state index contributed by atoms with van der Waals surface area (Å²) < 4.78 is 0. The van der Waals surface area contributed by atoms with E-state index in [1.807, 2.05) is 45.9 Å². The summed E-state index contributed by atoms with van der Waals surface area (Å²) >= 11 is 0. The Morgan fingerprint density at radius 2 is 1.89 bits per heavy atom. The lowest BCUT2D eigenvalue weighted by molar-refractivity contribution is -0.119. The summed E-state index contributed by atoms with van der Waals surface area (Å²) in [6.45, 7) is 7.85. The molecule has 0 radical (unpaired) electrons. The van der Waals surface area contributed by atoms with Crippen molar-refractivity contribution in [1.29, 1.82) is 0 Å². The van der Waals surface area contributed by atoms with E-state index in [1.54, 1.807) is 0 Å². The number of hydrogen-bond donors (Lipinski definition) is 1. The third kappa shape index (κ3) is 2.18. The van der Waals surface area contributed by atoms with Crippen LogP contribution in [0.15, 0.2) is 18.2 Å². The van der Waals surface area contributed by atoms with Gasteiger partial charge in [0.2, 0.25) is 5.91 Å². The molecule has 1 aromatic rings. The van der Waals surface area contributed by atoms with Gasteiger partial charge >= 0.3 is 0 Å². The highest BCUT2D eigenvalue weighted by Gasteiger charge is 2.38. The maximum atomic E-state index is 12.4. The molecule has 0 aromatic heterocycles. The monoisotopic (exact) mass is 259 g/mol. The summed E-state index contributed by atoms with van der Waals surface area (Å²) in [5.41, 5.74) is 1.92. The molecule has 1 amide bonds. The van der Waals surface area contributed by atoms with E-state index in [0.717, 1.165) is 29.7 Å². The van der Waals surface area contributed by atoms with Crippen molar-refractivity contribution in [3.8, 4) is 0 Å². The fourth-order valence-corrected chi connectivity index (χ4v) is 2.62. The molecule has 2 rings (SSSR count). The van der Waals surface area contributed by atoms with Crippen molar-refractivity contribution in [3.05, 3.63) is 29.3 Å². The van der Waals surface area contributed by atoms with Crippen LogP contribution in [0.5, 0.6) is 0 Å². The third-order valence-electron chi connectivity index (χ3n) is 4.15. The van der Waals surface area contributed by atoms with E-state index in [2.05, 4.69) is 5.32 Å². The molecular weight excluding hydrogens is 238 g/mol. The Kier molecular flexibility index (Phi) is 3.48. The second-order valence-electron chi connectivity index (χ2n) is 5.72. The smallest absolute Gasteiger partial charge is 0.234 e. The van der Waals surface area contributed by atoms with Crippen LogP contribution < -0.4 is 5.32 Å². The van der Waals surface area contributed by atoms with Gasteiger partial charge in [0.15, 0.2) is 5.78 Å². The number of nitrogens with one attached hydrogen (secondary N) is 1. The molecule has 1 aliphatic heterocycles. The third-order valence-corrected chi connectivity index (χ3v) is 4.15. The maximum absolute atomic E-state index is 12.4. The van der Waals surface area contributed by atoms with Crippen LogP contribution in [0.2, 0.25) is 0 Å². The predicted octanol–water partition coefficient (Wildman–Crippen LogP) is 3.54. The van der Waals surface area contributed by atoms with E-state index in [-0.39, 0.29) is 17.6 Å². The molecule has 0 saturated carbocycles. The summed E-state index contributed by atoms with van der Waals surface area (Å²) in [5.74, 6) is 0.254. The molecular formula is C16H21NO2. The molecule has 1 heterocycles. The number of ketones is 1. The molecule has 3 nitrogen and oxygen atoms in total. The van der Waals surface area contributed by atoms with Crippen molar-refractivity contribution < 1.29 is 9.59 Å². The Morgan fingerprint density at radius 1 is 1.26 bits per heavy atom. The molecule has 102 valence electrons. The van der Waals surface area contributed by atoms with Crippen LogP contribution in [-0.4, -0.2) is 11.7 Å². The zero-order valence-electron chi connectivity index (χ0n) is 12.0. The molecule has 1 aliphatic rings. The number of amides is 1.